The van der Waals surface area contributed by atoms with E-state index in [0.29, 0.717) is 17.2 Å². The number of nitrogens with two attached hydrogens (primary N) is 1. The van der Waals surface area contributed by atoms with E-state index < -0.39 is 0 Å². The van der Waals surface area contributed by atoms with Crippen LogP contribution in [0.5, 0.6) is 0 Å². The fourth-order valence-electron chi connectivity index (χ4n) is 1.68. The number of H-pyrrole nitrogens is 1. The largest absolute Gasteiger partial charge is 0.397 e. The zero-order valence-electron chi connectivity index (χ0n) is 9.82. The van der Waals surface area contributed by atoms with Gasteiger partial charge in [-0.3, -0.25) is 9.89 Å². The molecule has 0 fully saturated rings. The van der Waals surface area contributed by atoms with Crippen molar-refractivity contribution in [3.63, 3.8) is 0 Å². The number of nitrogens with zero attached hydrogens (tertiary/aromatic N) is 2. The highest BCUT2D eigenvalue weighted by Gasteiger charge is 2.13. The summed E-state index contributed by atoms with van der Waals surface area (Å²) in [7, 11) is 1.78. The lowest BCUT2D eigenvalue weighted by Gasteiger charge is -2.05. The van der Waals surface area contributed by atoms with E-state index in [2.05, 4.69) is 15.5 Å². The minimum absolute atomic E-state index is 0.205. The number of carbonyl (C=O) groups is 1. The van der Waals surface area contributed by atoms with Crippen LogP contribution >= 0.6 is 0 Å². The first-order valence-corrected chi connectivity index (χ1v) is 5.37. The van der Waals surface area contributed by atoms with E-state index in [0.717, 1.165) is 12.0 Å². The number of aromatic amines is 1. The van der Waals surface area contributed by atoms with Crippen LogP contribution in [0.2, 0.25) is 0 Å². The summed E-state index contributed by atoms with van der Waals surface area (Å²) in [6.07, 6.45) is 4.21. The number of aryl methyl sites for hydroxylation is 2. The van der Waals surface area contributed by atoms with Gasteiger partial charge in [0.05, 0.1) is 11.9 Å². The molecule has 2 aromatic rings. The molecule has 0 aliphatic carbocycles. The van der Waals surface area contributed by atoms with Crippen LogP contribution in [0.1, 0.15) is 23.0 Å². The van der Waals surface area contributed by atoms with Gasteiger partial charge in [0.15, 0.2) is 0 Å². The van der Waals surface area contributed by atoms with Crippen molar-refractivity contribution >= 4 is 17.4 Å². The van der Waals surface area contributed by atoms with Crippen LogP contribution in [0.4, 0.5) is 11.5 Å². The van der Waals surface area contributed by atoms with Gasteiger partial charge in [0, 0.05) is 18.8 Å². The maximum absolute atomic E-state index is 12.0. The van der Waals surface area contributed by atoms with Gasteiger partial charge in [-0.25, -0.2) is 0 Å². The second-order valence-electron chi connectivity index (χ2n) is 3.85. The number of nitrogens with one attached hydrogen (secondary N) is 2. The lowest BCUT2D eigenvalue weighted by Crippen LogP contribution is -2.16. The predicted octanol–water partition coefficient (Wildman–Crippen LogP) is 1.15. The summed E-state index contributed by atoms with van der Waals surface area (Å²) < 4.78 is 1.69. The maximum atomic E-state index is 12.0. The number of hydrogen-bond acceptors (Lipinski definition) is 3. The molecule has 0 saturated heterocycles. The molecule has 0 spiro atoms. The van der Waals surface area contributed by atoms with Crippen LogP contribution in [0.3, 0.4) is 0 Å². The van der Waals surface area contributed by atoms with Crippen LogP contribution in [0, 0.1) is 0 Å². The minimum Gasteiger partial charge on any atom is -0.397 e. The predicted molar refractivity (Wildman–Crippen MR) is 65.7 cm³/mol. The molecule has 90 valence electrons. The Bertz CT molecular complexity index is 540. The molecule has 1 amide bonds. The Kier molecular flexibility index (Phi) is 2.86. The number of anilines is 2. The molecular formula is C11H15N5O. The zero-order chi connectivity index (χ0) is 12.4. The summed E-state index contributed by atoms with van der Waals surface area (Å²) in [5.41, 5.74) is 7.68. The second-order valence-corrected chi connectivity index (χ2v) is 3.85. The van der Waals surface area contributed by atoms with Gasteiger partial charge in [-0.1, -0.05) is 6.92 Å². The van der Waals surface area contributed by atoms with E-state index >= 15 is 0 Å². The van der Waals surface area contributed by atoms with E-state index in [1.54, 1.807) is 30.1 Å². The molecule has 4 N–H and O–H groups in total. The Morgan fingerprint density at radius 2 is 2.41 bits per heavy atom. The lowest BCUT2D eigenvalue weighted by atomic mass is 10.2. The molecular weight excluding hydrogens is 218 g/mol. The van der Waals surface area contributed by atoms with Gasteiger partial charge in [0.2, 0.25) is 0 Å². The molecule has 0 radical (unpaired) electrons. The van der Waals surface area contributed by atoms with Crippen molar-refractivity contribution in [2.75, 3.05) is 11.1 Å². The number of hydrogen-bond donors (Lipinski definition) is 3. The molecule has 2 heterocycles. The highest BCUT2D eigenvalue weighted by atomic mass is 16.2. The van der Waals surface area contributed by atoms with Gasteiger partial charge >= 0.3 is 0 Å². The summed E-state index contributed by atoms with van der Waals surface area (Å²) in [6.45, 7) is 2.00. The summed E-state index contributed by atoms with van der Waals surface area (Å²) in [4.78, 5) is 12.0. The topological polar surface area (TPSA) is 88.7 Å². The Morgan fingerprint density at radius 3 is 3.00 bits per heavy atom. The van der Waals surface area contributed by atoms with Gasteiger partial charge in [0.25, 0.3) is 5.91 Å². The van der Waals surface area contributed by atoms with Crippen LogP contribution in [0.15, 0.2) is 18.5 Å². The van der Waals surface area contributed by atoms with Crippen molar-refractivity contribution in [3.8, 4) is 0 Å². The minimum atomic E-state index is -0.205. The number of amides is 1. The van der Waals surface area contributed by atoms with Gasteiger partial charge in [-0.2, -0.15) is 5.10 Å². The standard InChI is InChI=1S/C11H15N5O/c1-3-7-5-13-15-10(7)14-11(17)9-4-8(12)6-16(9)2/h4-6H,3,12H2,1-2H3,(H2,13,14,15,17). The van der Waals surface area contributed by atoms with Gasteiger partial charge in [-0.15, -0.1) is 0 Å². The Morgan fingerprint density at radius 1 is 1.65 bits per heavy atom. The van der Waals surface area contributed by atoms with E-state index in [9.17, 15) is 4.79 Å². The molecule has 0 aromatic carbocycles. The highest BCUT2D eigenvalue weighted by Crippen LogP contribution is 2.14. The molecule has 17 heavy (non-hydrogen) atoms. The van der Waals surface area contributed by atoms with Crippen LogP contribution in [-0.4, -0.2) is 20.7 Å². The number of rotatable bonds is 3. The smallest absolute Gasteiger partial charge is 0.273 e. The van der Waals surface area contributed by atoms with Crippen molar-refractivity contribution in [1.82, 2.24) is 14.8 Å². The van der Waals surface area contributed by atoms with Gasteiger partial charge < -0.3 is 15.6 Å². The first-order valence-electron chi connectivity index (χ1n) is 5.37. The fourth-order valence-corrected chi connectivity index (χ4v) is 1.68. The van der Waals surface area contributed by atoms with Crippen LogP contribution < -0.4 is 11.1 Å². The highest BCUT2D eigenvalue weighted by molar-refractivity contribution is 6.03. The third kappa shape index (κ3) is 2.15. The first kappa shape index (κ1) is 11.3. The van der Waals surface area contributed by atoms with Crippen molar-refractivity contribution < 1.29 is 4.79 Å². The number of aromatic nitrogens is 3. The van der Waals surface area contributed by atoms with Gasteiger partial charge in [-0.05, 0) is 12.5 Å². The molecule has 6 heteroatoms. The second kappa shape index (κ2) is 4.32. The number of carbonyl (C=O) groups excluding carboxylic acids is 1. The molecule has 2 rings (SSSR count). The van der Waals surface area contributed by atoms with E-state index in [-0.39, 0.29) is 5.91 Å². The Hall–Kier alpha value is -2.24. The summed E-state index contributed by atoms with van der Waals surface area (Å²) in [5, 5.41) is 9.44. The first-order chi connectivity index (χ1) is 8.11. The SMILES string of the molecule is CCc1cn[nH]c1NC(=O)c1cc(N)cn1C. The van der Waals surface area contributed by atoms with Crippen molar-refractivity contribution in [2.45, 2.75) is 13.3 Å². The summed E-state index contributed by atoms with van der Waals surface area (Å²) >= 11 is 0. The normalized spacial score (nSPS) is 10.5. The van der Waals surface area contributed by atoms with Crippen molar-refractivity contribution in [3.05, 3.63) is 29.7 Å². The molecule has 0 saturated carbocycles. The number of nitrogen functional groups attached to an aromatic ring is 1. The molecule has 0 bridgehead atoms. The Labute approximate surface area is 98.8 Å². The molecule has 0 atom stereocenters. The monoisotopic (exact) mass is 233 g/mol. The third-order valence-corrected chi connectivity index (χ3v) is 2.60. The average Bonchev–Trinajstić information content (AvgIpc) is 2.84. The molecule has 0 aliphatic heterocycles. The lowest BCUT2D eigenvalue weighted by molar-refractivity contribution is 0.101. The maximum Gasteiger partial charge on any atom is 0.273 e. The van der Waals surface area contributed by atoms with Crippen molar-refractivity contribution in [2.24, 2.45) is 7.05 Å². The third-order valence-electron chi connectivity index (χ3n) is 2.60. The van der Waals surface area contributed by atoms with Crippen LogP contribution in [-0.2, 0) is 13.5 Å². The molecule has 0 aliphatic rings. The summed E-state index contributed by atoms with van der Waals surface area (Å²) in [5.74, 6) is 0.431. The molecule has 2 aromatic heterocycles. The summed E-state index contributed by atoms with van der Waals surface area (Å²) in [6, 6.07) is 1.64. The average molecular weight is 233 g/mol. The van der Waals surface area contributed by atoms with E-state index in [1.807, 2.05) is 6.92 Å². The van der Waals surface area contributed by atoms with E-state index in [1.165, 1.54) is 0 Å². The van der Waals surface area contributed by atoms with Crippen molar-refractivity contribution in [1.29, 1.82) is 0 Å². The molecule has 6 nitrogen and oxygen atoms in total. The Balaban J connectivity index is 2.20. The van der Waals surface area contributed by atoms with E-state index in [4.69, 9.17) is 5.73 Å². The van der Waals surface area contributed by atoms with Gasteiger partial charge in [0.1, 0.15) is 11.5 Å². The fraction of sp³-hybridized carbons (Fsp3) is 0.273. The van der Waals surface area contributed by atoms with Crippen LogP contribution in [0.25, 0.3) is 0 Å². The molecule has 0 unspecified atom stereocenters. The zero-order valence-corrected chi connectivity index (χ0v) is 9.82. The quantitative estimate of drug-likeness (QED) is 0.742.